The lowest BCUT2D eigenvalue weighted by atomic mass is 9.72. The van der Waals surface area contributed by atoms with Crippen LogP contribution < -0.4 is 5.73 Å². The summed E-state index contributed by atoms with van der Waals surface area (Å²) in [5.74, 6) is 2.34. The summed E-state index contributed by atoms with van der Waals surface area (Å²) >= 11 is 0. The van der Waals surface area contributed by atoms with E-state index in [0.717, 1.165) is 11.8 Å². The van der Waals surface area contributed by atoms with Gasteiger partial charge in [0.2, 0.25) is 0 Å². The minimum atomic E-state index is 0.424. The molecule has 0 bridgehead atoms. The van der Waals surface area contributed by atoms with Crippen LogP contribution in [-0.4, -0.2) is 55.1 Å². The molecule has 3 heteroatoms. The predicted molar refractivity (Wildman–Crippen MR) is 82.2 cm³/mol. The van der Waals surface area contributed by atoms with Gasteiger partial charge in [0, 0.05) is 38.8 Å². The van der Waals surface area contributed by atoms with Gasteiger partial charge in [0.15, 0.2) is 0 Å². The zero-order chi connectivity index (χ0) is 13.8. The highest BCUT2D eigenvalue weighted by atomic mass is 15.3. The lowest BCUT2D eigenvalue weighted by Gasteiger charge is -2.42. The molecule has 4 unspecified atom stereocenters. The summed E-state index contributed by atoms with van der Waals surface area (Å²) in [4.78, 5) is 5.26. The van der Waals surface area contributed by atoms with E-state index in [1.54, 1.807) is 0 Å². The quantitative estimate of drug-likeness (QED) is 0.846. The van der Waals surface area contributed by atoms with Crippen molar-refractivity contribution in [3.8, 4) is 0 Å². The first-order chi connectivity index (χ1) is 9.10. The molecule has 0 aromatic carbocycles. The van der Waals surface area contributed by atoms with Crippen LogP contribution in [0.25, 0.3) is 0 Å². The van der Waals surface area contributed by atoms with Gasteiger partial charge in [0.05, 0.1) is 0 Å². The highest BCUT2D eigenvalue weighted by molar-refractivity contribution is 4.88. The monoisotopic (exact) mass is 267 g/mol. The fourth-order valence-electron chi connectivity index (χ4n) is 4.09. The summed E-state index contributed by atoms with van der Waals surface area (Å²) in [5, 5.41) is 0. The highest BCUT2D eigenvalue weighted by Gasteiger charge is 2.33. The number of hydrogen-bond acceptors (Lipinski definition) is 3. The molecule has 2 N–H and O–H groups in total. The van der Waals surface area contributed by atoms with E-state index in [2.05, 4.69) is 30.6 Å². The lowest BCUT2D eigenvalue weighted by Crippen LogP contribution is -2.52. The average Bonchev–Trinajstić information content (AvgIpc) is 2.36. The standard InChI is InChI=1S/C16H33N3/c1-4-5-18-6-8-19(9-7-18)12-15-14(3)10-13(2)11-16(15)17/h13-16H,4-12,17H2,1-3H3. The second-order valence-electron chi connectivity index (χ2n) is 7.02. The van der Waals surface area contributed by atoms with Crippen LogP contribution in [0.1, 0.15) is 40.0 Å². The van der Waals surface area contributed by atoms with Crippen molar-refractivity contribution < 1.29 is 0 Å². The number of piperazine rings is 1. The Balaban J connectivity index is 1.78. The number of nitrogens with two attached hydrogens (primary N) is 1. The van der Waals surface area contributed by atoms with Gasteiger partial charge in [-0.05, 0) is 43.6 Å². The number of hydrogen-bond donors (Lipinski definition) is 1. The molecule has 19 heavy (non-hydrogen) atoms. The number of rotatable bonds is 4. The number of nitrogens with zero attached hydrogens (tertiary/aromatic N) is 2. The Morgan fingerprint density at radius 2 is 1.63 bits per heavy atom. The molecule has 0 radical (unpaired) electrons. The van der Waals surface area contributed by atoms with Crippen LogP contribution in [0, 0.1) is 17.8 Å². The lowest BCUT2D eigenvalue weighted by molar-refractivity contribution is 0.0773. The molecule has 0 aromatic rings. The SMILES string of the molecule is CCCN1CCN(CC2C(C)CC(C)CC2N)CC1. The summed E-state index contributed by atoms with van der Waals surface area (Å²) in [6, 6.07) is 0.424. The average molecular weight is 267 g/mol. The molecule has 2 rings (SSSR count). The zero-order valence-corrected chi connectivity index (χ0v) is 13.1. The molecule has 1 aliphatic carbocycles. The van der Waals surface area contributed by atoms with Gasteiger partial charge in [0.25, 0.3) is 0 Å². The van der Waals surface area contributed by atoms with Gasteiger partial charge in [-0.15, -0.1) is 0 Å². The first-order valence-electron chi connectivity index (χ1n) is 8.30. The zero-order valence-electron chi connectivity index (χ0n) is 13.1. The summed E-state index contributed by atoms with van der Waals surface area (Å²) in [7, 11) is 0. The van der Waals surface area contributed by atoms with Crippen LogP contribution in [0.2, 0.25) is 0 Å². The molecule has 1 heterocycles. The molecule has 2 aliphatic rings. The Morgan fingerprint density at radius 3 is 2.21 bits per heavy atom. The summed E-state index contributed by atoms with van der Waals surface area (Å²) < 4.78 is 0. The largest absolute Gasteiger partial charge is 0.327 e. The van der Waals surface area contributed by atoms with E-state index in [0.29, 0.717) is 12.0 Å². The molecule has 112 valence electrons. The third-order valence-corrected chi connectivity index (χ3v) is 5.20. The van der Waals surface area contributed by atoms with E-state index in [4.69, 9.17) is 5.73 Å². The van der Waals surface area contributed by atoms with Crippen LogP contribution in [0.4, 0.5) is 0 Å². The normalized spacial score (nSPS) is 38.5. The van der Waals surface area contributed by atoms with Crippen molar-refractivity contribution in [2.24, 2.45) is 23.5 Å². The van der Waals surface area contributed by atoms with Crippen molar-refractivity contribution in [2.45, 2.75) is 46.1 Å². The van der Waals surface area contributed by atoms with Gasteiger partial charge in [-0.1, -0.05) is 20.8 Å². The topological polar surface area (TPSA) is 32.5 Å². The van der Waals surface area contributed by atoms with Crippen molar-refractivity contribution in [3.05, 3.63) is 0 Å². The van der Waals surface area contributed by atoms with Crippen molar-refractivity contribution in [3.63, 3.8) is 0 Å². The van der Waals surface area contributed by atoms with Gasteiger partial charge >= 0.3 is 0 Å². The molecule has 0 spiro atoms. The Morgan fingerprint density at radius 1 is 1.00 bits per heavy atom. The van der Waals surface area contributed by atoms with Gasteiger partial charge in [0.1, 0.15) is 0 Å². The fourth-order valence-corrected chi connectivity index (χ4v) is 4.09. The van der Waals surface area contributed by atoms with Gasteiger partial charge in [-0.3, -0.25) is 0 Å². The smallest absolute Gasteiger partial charge is 0.0110 e. The van der Waals surface area contributed by atoms with E-state index >= 15 is 0 Å². The second kappa shape index (κ2) is 7.05. The molecule has 0 aromatic heterocycles. The van der Waals surface area contributed by atoms with E-state index < -0.39 is 0 Å². The molecule has 4 atom stereocenters. The van der Waals surface area contributed by atoms with Crippen LogP contribution >= 0.6 is 0 Å². The maximum atomic E-state index is 6.41. The fraction of sp³-hybridized carbons (Fsp3) is 1.00. The maximum Gasteiger partial charge on any atom is 0.0110 e. The molecular weight excluding hydrogens is 234 g/mol. The van der Waals surface area contributed by atoms with E-state index in [9.17, 15) is 0 Å². The van der Waals surface area contributed by atoms with Gasteiger partial charge < -0.3 is 15.5 Å². The van der Waals surface area contributed by atoms with Crippen molar-refractivity contribution in [1.29, 1.82) is 0 Å². The van der Waals surface area contributed by atoms with E-state index in [-0.39, 0.29) is 0 Å². The first kappa shape index (κ1) is 15.3. The Labute approximate surface area is 119 Å². The first-order valence-corrected chi connectivity index (χ1v) is 8.30. The van der Waals surface area contributed by atoms with Crippen LogP contribution in [0.3, 0.4) is 0 Å². The minimum absolute atomic E-state index is 0.424. The molecule has 1 aliphatic heterocycles. The molecule has 2 fully saturated rings. The third kappa shape index (κ3) is 4.17. The molecule has 3 nitrogen and oxygen atoms in total. The van der Waals surface area contributed by atoms with Crippen LogP contribution in [0.5, 0.6) is 0 Å². The Bertz CT molecular complexity index is 249. The highest BCUT2D eigenvalue weighted by Crippen LogP contribution is 2.33. The predicted octanol–water partition coefficient (Wildman–Crippen LogP) is 2.02. The van der Waals surface area contributed by atoms with Crippen molar-refractivity contribution in [1.82, 2.24) is 9.80 Å². The van der Waals surface area contributed by atoms with E-state index in [1.807, 2.05) is 0 Å². The summed E-state index contributed by atoms with van der Waals surface area (Å²) in [6.45, 7) is 14.5. The summed E-state index contributed by atoms with van der Waals surface area (Å²) in [5.41, 5.74) is 6.41. The van der Waals surface area contributed by atoms with Gasteiger partial charge in [-0.25, -0.2) is 0 Å². The maximum absolute atomic E-state index is 6.41. The Kier molecular flexibility index (Phi) is 5.67. The van der Waals surface area contributed by atoms with Crippen LogP contribution in [0.15, 0.2) is 0 Å². The van der Waals surface area contributed by atoms with Crippen molar-refractivity contribution >= 4 is 0 Å². The molecule has 1 saturated carbocycles. The minimum Gasteiger partial charge on any atom is -0.327 e. The van der Waals surface area contributed by atoms with Crippen molar-refractivity contribution in [2.75, 3.05) is 39.3 Å². The second-order valence-corrected chi connectivity index (χ2v) is 7.02. The molecule has 1 saturated heterocycles. The molecule has 0 amide bonds. The third-order valence-electron chi connectivity index (χ3n) is 5.20. The summed E-state index contributed by atoms with van der Waals surface area (Å²) in [6.07, 6.45) is 3.88. The van der Waals surface area contributed by atoms with Crippen LogP contribution in [-0.2, 0) is 0 Å². The Hall–Kier alpha value is -0.120. The van der Waals surface area contributed by atoms with E-state index in [1.165, 1.54) is 58.5 Å². The van der Waals surface area contributed by atoms with Gasteiger partial charge in [-0.2, -0.15) is 0 Å². The molecular formula is C16H33N3.